The molecule has 0 atom stereocenters. The van der Waals surface area contributed by atoms with Gasteiger partial charge in [0.05, 0.1) is 4.91 Å². The summed E-state index contributed by atoms with van der Waals surface area (Å²) in [5, 5.41) is 0.801. The van der Waals surface area contributed by atoms with Crippen LogP contribution in [-0.4, -0.2) is 53.7 Å². The number of carbonyl (C=O) groups excluding carboxylic acids is 1. The third-order valence-electron chi connectivity index (χ3n) is 5.06. The number of hydrogen-bond donors (Lipinski definition) is 0. The fourth-order valence-corrected chi connectivity index (χ4v) is 4.45. The molecular weight excluding hydrogens is 394 g/mol. The smallest absolute Gasteiger partial charge is 0.286 e. The van der Waals surface area contributed by atoms with E-state index in [4.69, 9.17) is 4.74 Å². The van der Waals surface area contributed by atoms with E-state index in [1.54, 1.807) is 6.08 Å². The molecule has 0 spiro atoms. The lowest BCUT2D eigenvalue weighted by Crippen LogP contribution is -2.47. The second-order valence-corrected chi connectivity index (χ2v) is 8.21. The van der Waals surface area contributed by atoms with Crippen molar-refractivity contribution in [2.75, 3.05) is 32.8 Å². The highest BCUT2D eigenvalue weighted by atomic mass is 32.2. The van der Waals surface area contributed by atoms with Gasteiger partial charge < -0.3 is 9.64 Å². The predicted octanol–water partition coefficient (Wildman–Crippen LogP) is 4.04. The molecule has 30 heavy (non-hydrogen) atoms. The normalized spacial score (nSPS) is 18.5. The molecule has 2 aromatic rings. The van der Waals surface area contributed by atoms with Crippen LogP contribution in [0.15, 0.2) is 77.1 Å². The summed E-state index contributed by atoms with van der Waals surface area (Å²) in [6, 6.07) is 18.2. The summed E-state index contributed by atoms with van der Waals surface area (Å²) in [4.78, 5) is 22.1. The molecule has 0 saturated carbocycles. The summed E-state index contributed by atoms with van der Waals surface area (Å²) in [7, 11) is 0. The minimum absolute atomic E-state index is 0.180. The van der Waals surface area contributed by atoms with Crippen LogP contribution in [0.5, 0.6) is 5.75 Å². The van der Waals surface area contributed by atoms with Gasteiger partial charge in [0, 0.05) is 38.3 Å². The Bertz CT molecular complexity index is 963. The van der Waals surface area contributed by atoms with Crippen molar-refractivity contribution in [3.8, 4) is 5.75 Å². The Hall–Kier alpha value is -2.83. The molecule has 1 saturated heterocycles. The Morgan fingerprint density at radius 3 is 2.53 bits per heavy atom. The number of benzene rings is 2. The molecule has 0 radical (unpaired) electrons. The fraction of sp³-hybridized carbons (Fsp3) is 0.250. The van der Waals surface area contributed by atoms with E-state index >= 15 is 0 Å². The van der Waals surface area contributed by atoms with Gasteiger partial charge in [-0.25, -0.2) is 0 Å². The van der Waals surface area contributed by atoms with Crippen LogP contribution >= 0.6 is 11.8 Å². The van der Waals surface area contributed by atoms with Crippen LogP contribution in [0.1, 0.15) is 11.1 Å². The van der Waals surface area contributed by atoms with Crippen LogP contribution in [-0.2, 0) is 11.3 Å². The predicted molar refractivity (Wildman–Crippen MR) is 123 cm³/mol. The Balaban J connectivity index is 1.37. The van der Waals surface area contributed by atoms with E-state index in [2.05, 4.69) is 45.6 Å². The molecule has 5 nitrogen and oxygen atoms in total. The molecule has 2 aliphatic rings. The number of amides is 1. The monoisotopic (exact) mass is 419 g/mol. The van der Waals surface area contributed by atoms with Gasteiger partial charge in [-0.2, -0.15) is 4.99 Å². The molecule has 0 unspecified atom stereocenters. The number of nitrogens with zero attached hydrogens (tertiary/aromatic N) is 3. The van der Waals surface area contributed by atoms with E-state index in [1.165, 1.54) is 17.3 Å². The zero-order valence-corrected chi connectivity index (χ0v) is 17.7. The molecule has 2 aliphatic heterocycles. The van der Waals surface area contributed by atoms with Crippen LogP contribution in [0.4, 0.5) is 0 Å². The van der Waals surface area contributed by atoms with Gasteiger partial charge in [0.1, 0.15) is 12.4 Å². The SMILES string of the molecule is C=CCOc1ccccc1/C=C1/SC(N2CCN(Cc3ccccc3)CC2)=NC1=O. The lowest BCUT2D eigenvalue weighted by atomic mass is 10.2. The van der Waals surface area contributed by atoms with Gasteiger partial charge in [-0.3, -0.25) is 9.69 Å². The largest absolute Gasteiger partial charge is 0.489 e. The molecule has 4 rings (SSSR count). The molecule has 1 amide bonds. The third kappa shape index (κ3) is 5.01. The van der Waals surface area contributed by atoms with Gasteiger partial charge in [-0.05, 0) is 29.5 Å². The van der Waals surface area contributed by atoms with E-state index in [1.807, 2.05) is 36.4 Å². The van der Waals surface area contributed by atoms with E-state index in [0.717, 1.165) is 49.2 Å². The topological polar surface area (TPSA) is 45.1 Å². The van der Waals surface area contributed by atoms with E-state index in [0.29, 0.717) is 11.5 Å². The zero-order valence-electron chi connectivity index (χ0n) is 16.9. The molecule has 6 heteroatoms. The maximum absolute atomic E-state index is 12.5. The first-order chi connectivity index (χ1) is 14.7. The first-order valence-corrected chi connectivity index (χ1v) is 10.9. The lowest BCUT2D eigenvalue weighted by molar-refractivity contribution is -0.113. The van der Waals surface area contributed by atoms with Crippen molar-refractivity contribution in [1.82, 2.24) is 9.80 Å². The average molecular weight is 420 g/mol. The second-order valence-electron chi connectivity index (χ2n) is 7.20. The van der Waals surface area contributed by atoms with Crippen LogP contribution < -0.4 is 4.74 Å². The second kappa shape index (κ2) is 9.78. The number of para-hydroxylation sites is 1. The number of carbonyl (C=O) groups is 1. The minimum Gasteiger partial charge on any atom is -0.489 e. The molecule has 0 bridgehead atoms. The van der Waals surface area contributed by atoms with Crippen molar-refractivity contribution in [1.29, 1.82) is 0 Å². The Morgan fingerprint density at radius 2 is 1.77 bits per heavy atom. The highest BCUT2D eigenvalue weighted by molar-refractivity contribution is 8.18. The summed E-state index contributed by atoms with van der Waals surface area (Å²) in [6.45, 7) is 8.73. The van der Waals surface area contributed by atoms with Gasteiger partial charge in [0.15, 0.2) is 5.17 Å². The van der Waals surface area contributed by atoms with Gasteiger partial charge in [0.25, 0.3) is 5.91 Å². The van der Waals surface area contributed by atoms with Gasteiger partial charge >= 0.3 is 0 Å². The molecule has 2 heterocycles. The maximum Gasteiger partial charge on any atom is 0.286 e. The summed E-state index contributed by atoms with van der Waals surface area (Å²) < 4.78 is 5.70. The third-order valence-corrected chi connectivity index (χ3v) is 6.11. The minimum atomic E-state index is -0.180. The number of aliphatic imine (C=N–C) groups is 1. The quantitative estimate of drug-likeness (QED) is 0.522. The molecule has 2 aromatic carbocycles. The standard InChI is InChI=1S/C24H25N3O2S/c1-2-16-29-21-11-7-6-10-20(21)17-22-23(28)25-24(30-22)27-14-12-26(13-15-27)18-19-8-4-3-5-9-19/h2-11,17H,1,12-16,18H2/b22-17+. The number of piperazine rings is 1. The number of ether oxygens (including phenoxy) is 1. The highest BCUT2D eigenvalue weighted by Gasteiger charge is 2.28. The molecule has 154 valence electrons. The highest BCUT2D eigenvalue weighted by Crippen LogP contribution is 2.32. The molecule has 0 aliphatic carbocycles. The first kappa shape index (κ1) is 20.4. The van der Waals surface area contributed by atoms with Gasteiger partial charge in [-0.15, -0.1) is 0 Å². The fourth-order valence-electron chi connectivity index (χ4n) is 3.49. The number of amidine groups is 1. The first-order valence-electron chi connectivity index (χ1n) is 10.1. The summed E-state index contributed by atoms with van der Waals surface area (Å²) in [5.74, 6) is 0.557. The molecular formula is C24H25N3O2S. The Labute approximate surface area is 181 Å². The zero-order chi connectivity index (χ0) is 20.8. The average Bonchev–Trinajstić information content (AvgIpc) is 3.14. The van der Waals surface area contributed by atoms with Crippen molar-refractivity contribution in [2.45, 2.75) is 6.54 Å². The lowest BCUT2D eigenvalue weighted by Gasteiger charge is -2.35. The maximum atomic E-state index is 12.5. The van der Waals surface area contributed by atoms with E-state index < -0.39 is 0 Å². The Kier molecular flexibility index (Phi) is 6.67. The van der Waals surface area contributed by atoms with Crippen molar-refractivity contribution in [3.05, 3.63) is 83.3 Å². The van der Waals surface area contributed by atoms with Crippen LogP contribution in [0, 0.1) is 0 Å². The number of thioether (sulfide) groups is 1. The van der Waals surface area contributed by atoms with Gasteiger partial charge in [-0.1, -0.05) is 61.2 Å². The molecule has 1 fully saturated rings. The van der Waals surface area contributed by atoms with Crippen LogP contribution in [0.2, 0.25) is 0 Å². The van der Waals surface area contributed by atoms with Crippen LogP contribution in [0.3, 0.4) is 0 Å². The van der Waals surface area contributed by atoms with E-state index in [-0.39, 0.29) is 5.91 Å². The Morgan fingerprint density at radius 1 is 1.03 bits per heavy atom. The summed E-state index contributed by atoms with van der Waals surface area (Å²) in [6.07, 6.45) is 3.58. The summed E-state index contributed by atoms with van der Waals surface area (Å²) in [5.41, 5.74) is 2.20. The van der Waals surface area contributed by atoms with E-state index in [9.17, 15) is 4.79 Å². The molecule has 0 N–H and O–H groups in total. The van der Waals surface area contributed by atoms with Crippen molar-refractivity contribution in [2.24, 2.45) is 4.99 Å². The number of rotatable bonds is 6. The molecule has 0 aromatic heterocycles. The summed E-state index contributed by atoms with van der Waals surface area (Å²) >= 11 is 1.45. The van der Waals surface area contributed by atoms with Crippen molar-refractivity contribution < 1.29 is 9.53 Å². The van der Waals surface area contributed by atoms with Gasteiger partial charge in [0.2, 0.25) is 0 Å². The van der Waals surface area contributed by atoms with Crippen molar-refractivity contribution in [3.63, 3.8) is 0 Å². The van der Waals surface area contributed by atoms with Crippen LogP contribution in [0.25, 0.3) is 6.08 Å². The van der Waals surface area contributed by atoms with Crippen molar-refractivity contribution >= 4 is 28.9 Å². The number of hydrogen-bond acceptors (Lipinski definition) is 5.